The fourth-order valence-corrected chi connectivity index (χ4v) is 2.35. The standard InChI is InChI=1S/C14H16N4/c1-4-12-10(11-8-15-17-9(11)2)7-14-13(16-12)5-6-18(14)3/h5-8H,4H2,1-3H3,(H,15,17). The normalized spacial score (nSPS) is 11.3. The van der Waals surface area contributed by atoms with E-state index in [-0.39, 0.29) is 0 Å². The molecule has 0 aliphatic rings. The highest BCUT2D eigenvalue weighted by Gasteiger charge is 2.12. The van der Waals surface area contributed by atoms with Gasteiger partial charge in [-0.3, -0.25) is 10.1 Å². The van der Waals surface area contributed by atoms with E-state index in [0.717, 1.165) is 34.4 Å². The number of fused-ring (bicyclic) bond motifs is 1. The van der Waals surface area contributed by atoms with Crippen LogP contribution in [0.25, 0.3) is 22.2 Å². The van der Waals surface area contributed by atoms with Gasteiger partial charge in [-0.05, 0) is 25.5 Å². The third-order valence-electron chi connectivity index (χ3n) is 3.40. The van der Waals surface area contributed by atoms with Crippen molar-refractivity contribution in [3.05, 3.63) is 35.9 Å². The molecule has 0 aliphatic carbocycles. The van der Waals surface area contributed by atoms with E-state index >= 15 is 0 Å². The van der Waals surface area contributed by atoms with E-state index in [4.69, 9.17) is 4.98 Å². The van der Waals surface area contributed by atoms with Crippen LogP contribution in [-0.2, 0) is 13.5 Å². The summed E-state index contributed by atoms with van der Waals surface area (Å²) in [6.07, 6.45) is 4.84. The fraction of sp³-hybridized carbons (Fsp3) is 0.286. The van der Waals surface area contributed by atoms with Crippen molar-refractivity contribution in [2.24, 2.45) is 7.05 Å². The highest BCUT2D eigenvalue weighted by molar-refractivity contribution is 5.83. The highest BCUT2D eigenvalue weighted by atomic mass is 15.1. The first-order chi connectivity index (χ1) is 8.70. The van der Waals surface area contributed by atoms with Crippen LogP contribution in [0.15, 0.2) is 24.5 Å². The summed E-state index contributed by atoms with van der Waals surface area (Å²) in [5.41, 5.74) is 6.74. The summed E-state index contributed by atoms with van der Waals surface area (Å²) in [6.45, 7) is 4.17. The first-order valence-electron chi connectivity index (χ1n) is 6.16. The van der Waals surface area contributed by atoms with Crippen molar-refractivity contribution in [1.82, 2.24) is 19.7 Å². The lowest BCUT2D eigenvalue weighted by Crippen LogP contribution is -1.95. The summed E-state index contributed by atoms with van der Waals surface area (Å²) >= 11 is 0. The van der Waals surface area contributed by atoms with Crippen LogP contribution in [0.1, 0.15) is 18.3 Å². The summed E-state index contributed by atoms with van der Waals surface area (Å²) in [5, 5.41) is 7.09. The molecule has 0 aromatic carbocycles. The zero-order chi connectivity index (χ0) is 12.7. The zero-order valence-electron chi connectivity index (χ0n) is 10.9. The Kier molecular flexibility index (Phi) is 2.44. The van der Waals surface area contributed by atoms with Gasteiger partial charge < -0.3 is 4.57 Å². The maximum atomic E-state index is 4.75. The largest absolute Gasteiger partial charge is 0.349 e. The maximum Gasteiger partial charge on any atom is 0.0884 e. The molecule has 4 heteroatoms. The molecule has 0 bridgehead atoms. The molecule has 4 nitrogen and oxygen atoms in total. The minimum atomic E-state index is 0.921. The number of rotatable bonds is 2. The van der Waals surface area contributed by atoms with Crippen LogP contribution in [0.5, 0.6) is 0 Å². The number of nitrogens with zero attached hydrogens (tertiary/aromatic N) is 3. The van der Waals surface area contributed by atoms with E-state index in [1.165, 1.54) is 5.56 Å². The molecule has 0 saturated carbocycles. The molecule has 3 aromatic heterocycles. The second kappa shape index (κ2) is 3.98. The van der Waals surface area contributed by atoms with Gasteiger partial charge in [0.25, 0.3) is 0 Å². The molecule has 3 aromatic rings. The first-order valence-corrected chi connectivity index (χ1v) is 6.16. The predicted molar refractivity (Wildman–Crippen MR) is 72.4 cm³/mol. The molecular weight excluding hydrogens is 224 g/mol. The molecule has 1 N–H and O–H groups in total. The van der Waals surface area contributed by atoms with Crippen LogP contribution in [0.4, 0.5) is 0 Å². The van der Waals surface area contributed by atoms with Crippen LogP contribution < -0.4 is 0 Å². The number of hydrogen-bond acceptors (Lipinski definition) is 2. The van der Waals surface area contributed by atoms with Gasteiger partial charge in [-0.2, -0.15) is 5.10 Å². The molecule has 0 radical (unpaired) electrons. The summed E-state index contributed by atoms with van der Waals surface area (Å²) in [7, 11) is 2.04. The van der Waals surface area contributed by atoms with Crippen LogP contribution in [0, 0.1) is 6.92 Å². The van der Waals surface area contributed by atoms with Gasteiger partial charge in [-0.25, -0.2) is 0 Å². The topological polar surface area (TPSA) is 46.5 Å². The molecule has 0 spiro atoms. The minimum Gasteiger partial charge on any atom is -0.349 e. The van der Waals surface area contributed by atoms with E-state index in [1.54, 1.807) is 0 Å². The second-order valence-corrected chi connectivity index (χ2v) is 4.58. The first kappa shape index (κ1) is 11.0. The van der Waals surface area contributed by atoms with Gasteiger partial charge in [-0.15, -0.1) is 0 Å². The van der Waals surface area contributed by atoms with Crippen molar-refractivity contribution >= 4 is 11.0 Å². The lowest BCUT2D eigenvalue weighted by molar-refractivity contribution is 0.965. The average Bonchev–Trinajstić information content (AvgIpc) is 2.95. The SMILES string of the molecule is CCc1nc2ccn(C)c2cc1-c1cn[nH]c1C. The molecule has 18 heavy (non-hydrogen) atoms. The molecule has 0 aliphatic heterocycles. The third-order valence-corrected chi connectivity index (χ3v) is 3.40. The number of aromatic nitrogens is 4. The van der Waals surface area contributed by atoms with Gasteiger partial charge in [0.15, 0.2) is 0 Å². The molecule has 92 valence electrons. The summed E-state index contributed by atoms with van der Waals surface area (Å²) in [5.74, 6) is 0. The molecule has 0 fully saturated rings. The third kappa shape index (κ3) is 1.53. The molecule has 0 saturated heterocycles. The number of H-pyrrole nitrogens is 1. The Balaban J connectivity index is 2.33. The van der Waals surface area contributed by atoms with Crippen LogP contribution in [0.3, 0.4) is 0 Å². The van der Waals surface area contributed by atoms with E-state index < -0.39 is 0 Å². The Labute approximate surface area is 106 Å². The lowest BCUT2D eigenvalue weighted by Gasteiger charge is -2.08. The van der Waals surface area contributed by atoms with E-state index in [9.17, 15) is 0 Å². The number of pyridine rings is 1. The minimum absolute atomic E-state index is 0.921. The quantitative estimate of drug-likeness (QED) is 0.748. The van der Waals surface area contributed by atoms with Crippen LogP contribution in [0.2, 0.25) is 0 Å². The number of nitrogens with one attached hydrogen (secondary N) is 1. The fourth-order valence-electron chi connectivity index (χ4n) is 2.35. The van der Waals surface area contributed by atoms with Crippen LogP contribution >= 0.6 is 0 Å². The van der Waals surface area contributed by atoms with Gasteiger partial charge in [0.2, 0.25) is 0 Å². The van der Waals surface area contributed by atoms with Crippen molar-refractivity contribution in [2.75, 3.05) is 0 Å². The Morgan fingerprint density at radius 3 is 2.83 bits per heavy atom. The van der Waals surface area contributed by atoms with E-state index in [1.807, 2.05) is 26.4 Å². The Hall–Kier alpha value is -2.10. The van der Waals surface area contributed by atoms with Crippen molar-refractivity contribution in [3.63, 3.8) is 0 Å². The number of aryl methyl sites for hydroxylation is 3. The lowest BCUT2D eigenvalue weighted by atomic mass is 10.0. The molecule has 3 rings (SSSR count). The maximum absolute atomic E-state index is 4.75. The zero-order valence-corrected chi connectivity index (χ0v) is 10.9. The predicted octanol–water partition coefficient (Wildman–Crippen LogP) is 2.83. The summed E-state index contributed by atoms with van der Waals surface area (Å²) in [6, 6.07) is 4.26. The number of aromatic amines is 1. The van der Waals surface area contributed by atoms with Gasteiger partial charge >= 0.3 is 0 Å². The van der Waals surface area contributed by atoms with E-state index in [2.05, 4.69) is 33.8 Å². The van der Waals surface area contributed by atoms with Gasteiger partial charge in [0.1, 0.15) is 0 Å². The number of hydrogen-bond donors (Lipinski definition) is 1. The average molecular weight is 240 g/mol. The monoisotopic (exact) mass is 240 g/mol. The van der Waals surface area contributed by atoms with Gasteiger partial charge in [0, 0.05) is 35.8 Å². The second-order valence-electron chi connectivity index (χ2n) is 4.58. The van der Waals surface area contributed by atoms with Crippen molar-refractivity contribution in [2.45, 2.75) is 20.3 Å². The Bertz CT molecular complexity index is 706. The Morgan fingerprint density at radius 2 is 2.17 bits per heavy atom. The Morgan fingerprint density at radius 1 is 1.33 bits per heavy atom. The van der Waals surface area contributed by atoms with Gasteiger partial charge in [-0.1, -0.05) is 6.92 Å². The molecule has 0 atom stereocenters. The summed E-state index contributed by atoms with van der Waals surface area (Å²) < 4.78 is 2.10. The van der Waals surface area contributed by atoms with E-state index in [0.29, 0.717) is 0 Å². The van der Waals surface area contributed by atoms with Crippen molar-refractivity contribution < 1.29 is 0 Å². The van der Waals surface area contributed by atoms with Crippen LogP contribution in [-0.4, -0.2) is 19.7 Å². The smallest absolute Gasteiger partial charge is 0.0884 e. The van der Waals surface area contributed by atoms with Crippen molar-refractivity contribution in [1.29, 1.82) is 0 Å². The molecular formula is C14H16N4. The summed E-state index contributed by atoms with van der Waals surface area (Å²) in [4.78, 5) is 4.75. The molecule has 0 amide bonds. The molecule has 0 unspecified atom stereocenters. The van der Waals surface area contributed by atoms with Crippen molar-refractivity contribution in [3.8, 4) is 11.1 Å². The molecule has 3 heterocycles. The highest BCUT2D eigenvalue weighted by Crippen LogP contribution is 2.28. The van der Waals surface area contributed by atoms with Gasteiger partial charge in [0.05, 0.1) is 17.2 Å².